The molecular formula is C12H24N2O. The molecule has 3 heteroatoms. The molecule has 1 rings (SSSR count). The zero-order valence-electron chi connectivity index (χ0n) is 10.6. The molecule has 2 unspecified atom stereocenters. The molecule has 88 valence electrons. The highest BCUT2D eigenvalue weighted by atomic mass is 16.2. The molecule has 1 heterocycles. The van der Waals surface area contributed by atoms with E-state index in [-0.39, 0.29) is 17.4 Å². The van der Waals surface area contributed by atoms with Crippen LogP contribution in [-0.2, 0) is 4.79 Å². The fraction of sp³-hybridized carbons (Fsp3) is 0.917. The summed E-state index contributed by atoms with van der Waals surface area (Å²) in [7, 11) is 0. The van der Waals surface area contributed by atoms with Crippen LogP contribution >= 0.6 is 0 Å². The fourth-order valence-electron chi connectivity index (χ4n) is 1.68. The summed E-state index contributed by atoms with van der Waals surface area (Å²) in [6.07, 6.45) is 0.888. The Balaban J connectivity index is 2.51. The van der Waals surface area contributed by atoms with Gasteiger partial charge in [0.15, 0.2) is 0 Å². The van der Waals surface area contributed by atoms with Crippen molar-refractivity contribution in [2.75, 3.05) is 13.2 Å². The van der Waals surface area contributed by atoms with E-state index in [1.54, 1.807) is 0 Å². The molecule has 1 fully saturated rings. The molecule has 0 bridgehead atoms. The van der Waals surface area contributed by atoms with Gasteiger partial charge in [-0.15, -0.1) is 0 Å². The highest BCUT2D eigenvalue weighted by Gasteiger charge is 2.32. The third-order valence-corrected chi connectivity index (χ3v) is 3.52. The van der Waals surface area contributed by atoms with Crippen LogP contribution in [0.1, 0.15) is 41.0 Å². The van der Waals surface area contributed by atoms with E-state index in [0.29, 0.717) is 5.92 Å². The third-order valence-electron chi connectivity index (χ3n) is 3.52. The van der Waals surface area contributed by atoms with E-state index < -0.39 is 0 Å². The van der Waals surface area contributed by atoms with E-state index in [1.165, 1.54) is 0 Å². The molecule has 1 amide bonds. The molecular weight excluding hydrogens is 188 g/mol. The molecule has 0 saturated carbocycles. The van der Waals surface area contributed by atoms with E-state index >= 15 is 0 Å². The van der Waals surface area contributed by atoms with Crippen molar-refractivity contribution in [1.29, 1.82) is 0 Å². The number of hydrogen-bond acceptors (Lipinski definition) is 2. The van der Waals surface area contributed by atoms with Gasteiger partial charge in [-0.2, -0.15) is 0 Å². The van der Waals surface area contributed by atoms with Crippen molar-refractivity contribution >= 4 is 5.91 Å². The Morgan fingerprint density at radius 3 is 2.53 bits per heavy atom. The molecule has 0 aromatic heterocycles. The molecule has 0 radical (unpaired) electrons. The minimum Gasteiger partial charge on any atom is -0.328 e. The summed E-state index contributed by atoms with van der Waals surface area (Å²) < 4.78 is 0. The molecule has 3 nitrogen and oxygen atoms in total. The second-order valence-electron chi connectivity index (χ2n) is 5.65. The summed E-state index contributed by atoms with van der Waals surface area (Å²) in [5, 5.41) is 3.24. The molecule has 1 saturated heterocycles. The largest absolute Gasteiger partial charge is 0.328 e. The van der Waals surface area contributed by atoms with Gasteiger partial charge in [-0.3, -0.25) is 10.1 Å². The number of carbonyl (C=O) groups excluding carboxylic acids is 1. The lowest BCUT2D eigenvalue weighted by Gasteiger charge is -2.30. The Labute approximate surface area is 93.2 Å². The summed E-state index contributed by atoms with van der Waals surface area (Å²) in [6, 6.07) is 0.0529. The highest BCUT2D eigenvalue weighted by molar-refractivity contribution is 5.83. The standard InChI is InChI=1S/C12H24N2O/c1-6-10-11(15)14(8-13-10)7-9(2)12(3,4)5/h9-10,13H,6-8H2,1-5H3. The van der Waals surface area contributed by atoms with E-state index in [4.69, 9.17) is 0 Å². The molecule has 2 atom stereocenters. The summed E-state index contributed by atoms with van der Waals surface area (Å²) in [4.78, 5) is 13.8. The average molecular weight is 212 g/mol. The molecule has 0 aliphatic carbocycles. The summed E-state index contributed by atoms with van der Waals surface area (Å²) in [5.74, 6) is 0.799. The number of hydrogen-bond donors (Lipinski definition) is 1. The van der Waals surface area contributed by atoms with E-state index in [9.17, 15) is 4.79 Å². The molecule has 0 aromatic carbocycles. The van der Waals surface area contributed by atoms with E-state index in [1.807, 2.05) is 11.8 Å². The summed E-state index contributed by atoms with van der Waals surface area (Å²) >= 11 is 0. The van der Waals surface area contributed by atoms with Crippen molar-refractivity contribution in [3.63, 3.8) is 0 Å². The van der Waals surface area contributed by atoms with Gasteiger partial charge in [-0.1, -0.05) is 34.6 Å². The maximum atomic E-state index is 11.9. The number of carbonyl (C=O) groups is 1. The van der Waals surface area contributed by atoms with Crippen molar-refractivity contribution in [3.8, 4) is 0 Å². The lowest BCUT2D eigenvalue weighted by atomic mass is 9.82. The van der Waals surface area contributed by atoms with Crippen LogP contribution in [0.4, 0.5) is 0 Å². The van der Waals surface area contributed by atoms with Crippen LogP contribution in [0.2, 0.25) is 0 Å². The first-order chi connectivity index (χ1) is 6.86. The Kier molecular flexibility index (Phi) is 3.77. The van der Waals surface area contributed by atoms with Gasteiger partial charge in [0.05, 0.1) is 12.7 Å². The zero-order valence-corrected chi connectivity index (χ0v) is 10.6. The number of nitrogens with zero attached hydrogens (tertiary/aromatic N) is 1. The summed E-state index contributed by atoms with van der Waals surface area (Å²) in [5.41, 5.74) is 0.268. The highest BCUT2D eigenvalue weighted by Crippen LogP contribution is 2.26. The Hall–Kier alpha value is -0.570. The number of rotatable bonds is 3. The van der Waals surface area contributed by atoms with Crippen molar-refractivity contribution in [3.05, 3.63) is 0 Å². The molecule has 1 N–H and O–H groups in total. The monoisotopic (exact) mass is 212 g/mol. The van der Waals surface area contributed by atoms with Crippen LogP contribution in [0, 0.1) is 11.3 Å². The predicted molar refractivity (Wildman–Crippen MR) is 62.4 cm³/mol. The maximum Gasteiger partial charge on any atom is 0.240 e. The Morgan fingerprint density at radius 2 is 2.13 bits per heavy atom. The first-order valence-corrected chi connectivity index (χ1v) is 5.88. The molecule has 0 spiro atoms. The van der Waals surface area contributed by atoms with Crippen LogP contribution in [0.5, 0.6) is 0 Å². The van der Waals surface area contributed by atoms with Crippen LogP contribution in [0.15, 0.2) is 0 Å². The fourth-order valence-corrected chi connectivity index (χ4v) is 1.68. The number of nitrogens with one attached hydrogen (secondary N) is 1. The lowest BCUT2D eigenvalue weighted by molar-refractivity contribution is -0.129. The molecule has 1 aliphatic rings. The minimum absolute atomic E-state index is 0.0529. The van der Waals surface area contributed by atoms with E-state index in [0.717, 1.165) is 19.6 Å². The lowest BCUT2D eigenvalue weighted by Crippen LogP contribution is -2.36. The second-order valence-corrected chi connectivity index (χ2v) is 5.65. The van der Waals surface area contributed by atoms with Gasteiger partial charge in [0.1, 0.15) is 0 Å². The van der Waals surface area contributed by atoms with Crippen LogP contribution in [-0.4, -0.2) is 30.1 Å². The first-order valence-electron chi connectivity index (χ1n) is 5.88. The molecule has 1 aliphatic heterocycles. The smallest absolute Gasteiger partial charge is 0.240 e. The maximum absolute atomic E-state index is 11.9. The van der Waals surface area contributed by atoms with Gasteiger partial charge in [0.25, 0.3) is 0 Å². The molecule has 15 heavy (non-hydrogen) atoms. The molecule has 0 aromatic rings. The van der Waals surface area contributed by atoms with Gasteiger partial charge in [-0.05, 0) is 17.8 Å². The zero-order chi connectivity index (χ0) is 11.6. The van der Waals surface area contributed by atoms with Crippen LogP contribution in [0.3, 0.4) is 0 Å². The van der Waals surface area contributed by atoms with Gasteiger partial charge >= 0.3 is 0 Å². The number of amides is 1. The quantitative estimate of drug-likeness (QED) is 0.774. The van der Waals surface area contributed by atoms with Gasteiger partial charge < -0.3 is 4.90 Å². The van der Waals surface area contributed by atoms with Crippen molar-refractivity contribution in [1.82, 2.24) is 10.2 Å². The van der Waals surface area contributed by atoms with Crippen LogP contribution < -0.4 is 5.32 Å². The normalized spacial score (nSPS) is 24.7. The van der Waals surface area contributed by atoms with Crippen LogP contribution in [0.25, 0.3) is 0 Å². The van der Waals surface area contributed by atoms with Crippen molar-refractivity contribution in [2.45, 2.75) is 47.1 Å². The first kappa shape index (κ1) is 12.5. The third kappa shape index (κ3) is 2.94. The van der Waals surface area contributed by atoms with Gasteiger partial charge in [-0.25, -0.2) is 0 Å². The predicted octanol–water partition coefficient (Wildman–Crippen LogP) is 1.84. The SMILES string of the molecule is CCC1NCN(CC(C)C(C)(C)C)C1=O. The van der Waals surface area contributed by atoms with Crippen molar-refractivity contribution in [2.24, 2.45) is 11.3 Å². The topological polar surface area (TPSA) is 32.3 Å². The Morgan fingerprint density at radius 1 is 1.53 bits per heavy atom. The van der Waals surface area contributed by atoms with E-state index in [2.05, 4.69) is 33.0 Å². The Bertz CT molecular complexity index is 232. The second kappa shape index (κ2) is 4.52. The van der Waals surface area contributed by atoms with Gasteiger partial charge in [0.2, 0.25) is 5.91 Å². The average Bonchev–Trinajstić information content (AvgIpc) is 2.46. The minimum atomic E-state index is 0.0529. The van der Waals surface area contributed by atoms with Gasteiger partial charge in [0, 0.05) is 6.54 Å². The summed E-state index contributed by atoms with van der Waals surface area (Å²) in [6.45, 7) is 12.5. The van der Waals surface area contributed by atoms with Crippen molar-refractivity contribution < 1.29 is 4.79 Å².